The fourth-order valence-electron chi connectivity index (χ4n) is 2.30. The van der Waals surface area contributed by atoms with Crippen LogP contribution in [-0.4, -0.2) is 19.7 Å². The molecule has 134 valence electrons. The minimum absolute atomic E-state index is 0.100. The lowest BCUT2D eigenvalue weighted by Gasteiger charge is -2.10. The number of carbonyl (C=O) groups excluding carboxylic acids is 1. The zero-order chi connectivity index (χ0) is 18.7. The van der Waals surface area contributed by atoms with Crippen molar-refractivity contribution in [3.05, 3.63) is 63.5 Å². The highest BCUT2D eigenvalue weighted by Crippen LogP contribution is 2.28. The molecule has 0 aliphatic rings. The lowest BCUT2D eigenvalue weighted by Crippen LogP contribution is -2.12. The Morgan fingerprint density at radius 3 is 2.50 bits per heavy atom. The summed E-state index contributed by atoms with van der Waals surface area (Å²) in [6.45, 7) is 1.40. The molecule has 0 spiro atoms. The summed E-state index contributed by atoms with van der Waals surface area (Å²) in [5, 5.41) is 0.907. The molecule has 0 unspecified atom stereocenters. The van der Waals surface area contributed by atoms with E-state index in [1.54, 1.807) is 49.4 Å². The van der Waals surface area contributed by atoms with Gasteiger partial charge in [-0.25, -0.2) is 4.79 Å². The second-order valence-electron chi connectivity index (χ2n) is 5.40. The van der Waals surface area contributed by atoms with Gasteiger partial charge in [-0.2, -0.15) is 0 Å². The Morgan fingerprint density at radius 2 is 1.81 bits per heavy atom. The molecule has 0 aliphatic heterocycles. The van der Waals surface area contributed by atoms with E-state index in [0.29, 0.717) is 33.3 Å². The number of carbonyl (C=O) groups is 1. The van der Waals surface area contributed by atoms with Crippen molar-refractivity contribution in [2.24, 2.45) is 0 Å². The van der Waals surface area contributed by atoms with Crippen LogP contribution in [0.15, 0.2) is 51.7 Å². The first-order chi connectivity index (χ1) is 12.5. The largest absolute Gasteiger partial charge is 0.482 e. The van der Waals surface area contributed by atoms with Crippen LogP contribution in [-0.2, 0) is 9.53 Å². The van der Waals surface area contributed by atoms with Gasteiger partial charge in [-0.05, 0) is 43.3 Å². The molecule has 0 saturated carbocycles. The summed E-state index contributed by atoms with van der Waals surface area (Å²) in [5.74, 6) is 0.777. The summed E-state index contributed by atoms with van der Waals surface area (Å²) in [6, 6.07) is 11.3. The van der Waals surface area contributed by atoms with Gasteiger partial charge in [0.05, 0.1) is 12.5 Å². The van der Waals surface area contributed by atoms with E-state index in [2.05, 4.69) is 4.74 Å². The smallest absolute Gasteiger partial charge is 0.343 e. The third kappa shape index (κ3) is 3.81. The highest BCUT2D eigenvalue weighted by Gasteiger charge is 2.15. The molecule has 6 nitrogen and oxygen atoms in total. The van der Waals surface area contributed by atoms with Gasteiger partial charge in [0.1, 0.15) is 22.8 Å². The summed E-state index contributed by atoms with van der Waals surface area (Å²) in [6.07, 6.45) is 0. The van der Waals surface area contributed by atoms with Crippen molar-refractivity contribution in [1.82, 2.24) is 0 Å². The number of halogens is 1. The maximum Gasteiger partial charge on any atom is 0.343 e. The first kappa shape index (κ1) is 17.8. The highest BCUT2D eigenvalue weighted by atomic mass is 35.5. The van der Waals surface area contributed by atoms with Crippen LogP contribution in [0.4, 0.5) is 0 Å². The molecule has 0 radical (unpaired) electrons. The Bertz CT molecular complexity index is 1010. The fourth-order valence-corrected chi connectivity index (χ4v) is 2.42. The normalized spacial score (nSPS) is 10.6. The second-order valence-corrected chi connectivity index (χ2v) is 5.83. The lowest BCUT2D eigenvalue weighted by atomic mass is 10.2. The number of fused-ring (bicyclic) bond motifs is 1. The first-order valence-corrected chi connectivity index (χ1v) is 8.06. The number of hydrogen-bond donors (Lipinski definition) is 0. The summed E-state index contributed by atoms with van der Waals surface area (Å²) < 4.78 is 21.2. The van der Waals surface area contributed by atoms with Crippen molar-refractivity contribution in [3.8, 4) is 17.2 Å². The van der Waals surface area contributed by atoms with Gasteiger partial charge in [0, 0.05) is 11.1 Å². The van der Waals surface area contributed by atoms with Gasteiger partial charge in [0.25, 0.3) is 0 Å². The van der Waals surface area contributed by atoms with Crippen LogP contribution in [0.5, 0.6) is 17.2 Å². The molecule has 0 atom stereocenters. The van der Waals surface area contributed by atoms with E-state index in [-0.39, 0.29) is 17.8 Å². The van der Waals surface area contributed by atoms with Crippen molar-refractivity contribution < 1.29 is 23.4 Å². The Balaban J connectivity index is 1.93. The van der Waals surface area contributed by atoms with Crippen LogP contribution >= 0.6 is 11.6 Å². The third-order valence-corrected chi connectivity index (χ3v) is 3.86. The minimum atomic E-state index is -0.505. The molecule has 0 amide bonds. The number of hydrogen-bond acceptors (Lipinski definition) is 6. The van der Waals surface area contributed by atoms with Gasteiger partial charge in [0.15, 0.2) is 6.61 Å². The van der Waals surface area contributed by atoms with Gasteiger partial charge >= 0.3 is 5.97 Å². The van der Waals surface area contributed by atoms with Crippen molar-refractivity contribution in [3.63, 3.8) is 0 Å². The van der Waals surface area contributed by atoms with E-state index >= 15 is 0 Å². The summed E-state index contributed by atoms with van der Waals surface area (Å²) >= 11 is 5.85. The lowest BCUT2D eigenvalue weighted by molar-refractivity contribution is -0.142. The van der Waals surface area contributed by atoms with Crippen LogP contribution in [0.3, 0.4) is 0 Å². The van der Waals surface area contributed by atoms with Crippen LogP contribution in [0.1, 0.15) is 5.76 Å². The number of aryl methyl sites for hydroxylation is 1. The van der Waals surface area contributed by atoms with Gasteiger partial charge in [-0.15, -0.1) is 0 Å². The molecule has 0 bridgehead atoms. The van der Waals surface area contributed by atoms with E-state index in [0.717, 1.165) is 0 Å². The van der Waals surface area contributed by atoms with Crippen LogP contribution < -0.4 is 14.9 Å². The summed E-state index contributed by atoms with van der Waals surface area (Å²) in [7, 11) is 1.27. The topological polar surface area (TPSA) is 75.0 Å². The highest BCUT2D eigenvalue weighted by molar-refractivity contribution is 6.30. The van der Waals surface area contributed by atoms with Crippen molar-refractivity contribution in [2.45, 2.75) is 6.92 Å². The molecule has 0 aliphatic carbocycles. The maximum absolute atomic E-state index is 12.7. The predicted molar refractivity (Wildman–Crippen MR) is 96.3 cm³/mol. The number of ether oxygens (including phenoxy) is 3. The molecule has 0 N–H and O–H groups in total. The van der Waals surface area contributed by atoms with Gasteiger partial charge < -0.3 is 18.6 Å². The molecule has 3 aromatic rings. The fraction of sp³-hybridized carbons (Fsp3) is 0.158. The standard InChI is InChI=1S/C19H15ClO6/c1-11-19(26-13-5-3-12(20)4-6-13)18(22)15-8-7-14(9-16(15)25-11)24-10-17(21)23-2/h3-9H,10H2,1-2H3. The third-order valence-electron chi connectivity index (χ3n) is 3.60. The zero-order valence-electron chi connectivity index (χ0n) is 14.1. The Kier molecular flexibility index (Phi) is 5.14. The molecule has 0 fully saturated rings. The molecule has 3 rings (SSSR count). The van der Waals surface area contributed by atoms with Crippen LogP contribution in [0.25, 0.3) is 11.0 Å². The molecule has 2 aromatic carbocycles. The van der Waals surface area contributed by atoms with E-state index in [4.69, 9.17) is 25.5 Å². The monoisotopic (exact) mass is 374 g/mol. The van der Waals surface area contributed by atoms with Gasteiger partial charge in [-0.1, -0.05) is 11.6 Å². The summed E-state index contributed by atoms with van der Waals surface area (Å²) in [4.78, 5) is 23.9. The van der Waals surface area contributed by atoms with Crippen molar-refractivity contribution >= 4 is 28.5 Å². The van der Waals surface area contributed by atoms with Crippen LogP contribution in [0.2, 0.25) is 5.02 Å². The average molecular weight is 375 g/mol. The molecule has 7 heteroatoms. The first-order valence-electron chi connectivity index (χ1n) is 7.68. The summed E-state index contributed by atoms with van der Waals surface area (Å²) in [5.41, 5.74) is 0.0246. The molecular formula is C19H15ClO6. The molecular weight excluding hydrogens is 360 g/mol. The van der Waals surface area contributed by atoms with Gasteiger partial charge in [-0.3, -0.25) is 4.79 Å². The van der Waals surface area contributed by atoms with E-state index < -0.39 is 5.97 Å². The van der Waals surface area contributed by atoms with E-state index in [9.17, 15) is 9.59 Å². The zero-order valence-corrected chi connectivity index (χ0v) is 14.8. The van der Waals surface area contributed by atoms with E-state index in [1.807, 2.05) is 0 Å². The van der Waals surface area contributed by atoms with Crippen molar-refractivity contribution in [1.29, 1.82) is 0 Å². The molecule has 1 aromatic heterocycles. The van der Waals surface area contributed by atoms with E-state index in [1.165, 1.54) is 7.11 Å². The van der Waals surface area contributed by atoms with Gasteiger partial charge in [0.2, 0.25) is 11.2 Å². The average Bonchev–Trinajstić information content (AvgIpc) is 2.64. The maximum atomic E-state index is 12.7. The number of methoxy groups -OCH3 is 1. The SMILES string of the molecule is COC(=O)COc1ccc2c(=O)c(Oc3ccc(Cl)cc3)c(C)oc2c1. The second kappa shape index (κ2) is 7.49. The molecule has 1 heterocycles. The Hall–Kier alpha value is -2.99. The van der Waals surface area contributed by atoms with Crippen molar-refractivity contribution in [2.75, 3.05) is 13.7 Å². The molecule has 0 saturated heterocycles. The predicted octanol–water partition coefficient (Wildman–Crippen LogP) is 4.10. The number of esters is 1. The molecule has 26 heavy (non-hydrogen) atoms. The van der Waals surface area contributed by atoms with Crippen LogP contribution in [0, 0.1) is 6.92 Å². The minimum Gasteiger partial charge on any atom is -0.482 e. The number of rotatable bonds is 5. The quantitative estimate of drug-likeness (QED) is 0.626. The Labute approximate surface area is 153 Å². The Morgan fingerprint density at radius 1 is 1.12 bits per heavy atom. The number of benzene rings is 2.